The third kappa shape index (κ3) is 4.07. The summed E-state index contributed by atoms with van der Waals surface area (Å²) >= 11 is 0.929. The molecular formula is C20H24N4O3S. The monoisotopic (exact) mass is 400 g/mol. The van der Waals surface area contributed by atoms with Crippen LogP contribution in [0.25, 0.3) is 6.08 Å². The highest BCUT2D eigenvalue weighted by molar-refractivity contribution is 8.18. The van der Waals surface area contributed by atoms with Crippen molar-refractivity contribution in [3.63, 3.8) is 0 Å². The predicted octanol–water partition coefficient (Wildman–Crippen LogP) is 1.66. The maximum absolute atomic E-state index is 12.8. The Labute approximate surface area is 168 Å². The molecule has 2 N–H and O–H groups in total. The van der Waals surface area contributed by atoms with Gasteiger partial charge in [-0.3, -0.25) is 19.7 Å². The van der Waals surface area contributed by atoms with Crippen molar-refractivity contribution in [3.8, 4) is 0 Å². The average Bonchev–Trinajstić information content (AvgIpc) is 3.05. The van der Waals surface area contributed by atoms with Crippen LogP contribution in [0.15, 0.2) is 29.2 Å². The molecule has 3 heterocycles. The molecule has 0 unspecified atom stereocenters. The largest absolute Gasteiger partial charge is 0.367 e. The SMILES string of the molecule is O=C1NC(=O)/C(=C/c2ccccc2N2CCN(C(=O)C3CCNCC3)CC2)S1. The second-order valence-electron chi connectivity index (χ2n) is 7.25. The van der Waals surface area contributed by atoms with Crippen molar-refractivity contribution in [2.24, 2.45) is 5.92 Å². The fourth-order valence-corrected chi connectivity index (χ4v) is 4.63. The maximum atomic E-state index is 12.8. The quantitative estimate of drug-likeness (QED) is 0.751. The molecule has 4 rings (SSSR count). The molecule has 1 aromatic rings. The lowest BCUT2D eigenvalue weighted by Crippen LogP contribution is -2.51. The molecule has 1 aromatic carbocycles. The first-order valence-corrected chi connectivity index (χ1v) is 10.5. The van der Waals surface area contributed by atoms with Gasteiger partial charge in [0.2, 0.25) is 5.91 Å². The van der Waals surface area contributed by atoms with E-state index in [1.807, 2.05) is 29.2 Å². The number of hydrogen-bond acceptors (Lipinski definition) is 6. The number of hydrogen-bond donors (Lipinski definition) is 2. The Balaban J connectivity index is 1.44. The van der Waals surface area contributed by atoms with Crippen molar-refractivity contribution in [3.05, 3.63) is 34.7 Å². The van der Waals surface area contributed by atoms with Gasteiger partial charge in [-0.15, -0.1) is 0 Å². The number of carbonyl (C=O) groups is 3. The van der Waals surface area contributed by atoms with Crippen LogP contribution < -0.4 is 15.5 Å². The van der Waals surface area contributed by atoms with Gasteiger partial charge in [0, 0.05) is 37.8 Å². The van der Waals surface area contributed by atoms with Crippen molar-refractivity contribution < 1.29 is 14.4 Å². The number of thioether (sulfide) groups is 1. The van der Waals surface area contributed by atoms with Gasteiger partial charge in [-0.1, -0.05) is 18.2 Å². The zero-order chi connectivity index (χ0) is 19.5. The van der Waals surface area contributed by atoms with Gasteiger partial charge < -0.3 is 15.1 Å². The van der Waals surface area contributed by atoms with Gasteiger partial charge in [-0.05, 0) is 55.4 Å². The molecule has 3 saturated heterocycles. The number of carbonyl (C=O) groups excluding carboxylic acids is 3. The number of benzene rings is 1. The summed E-state index contributed by atoms with van der Waals surface area (Å²) in [5, 5.41) is 5.26. The van der Waals surface area contributed by atoms with E-state index in [1.165, 1.54) is 0 Å². The van der Waals surface area contributed by atoms with Crippen molar-refractivity contribution in [1.29, 1.82) is 0 Å². The van der Waals surface area contributed by atoms with E-state index >= 15 is 0 Å². The lowest BCUT2D eigenvalue weighted by atomic mass is 9.96. The molecule has 0 atom stereocenters. The summed E-state index contributed by atoms with van der Waals surface area (Å²) < 4.78 is 0. The van der Waals surface area contributed by atoms with Gasteiger partial charge in [-0.25, -0.2) is 0 Å². The Morgan fingerprint density at radius 2 is 1.79 bits per heavy atom. The second-order valence-corrected chi connectivity index (χ2v) is 8.26. The molecule has 0 aromatic heterocycles. The van der Waals surface area contributed by atoms with Crippen molar-refractivity contribution in [2.45, 2.75) is 12.8 Å². The lowest BCUT2D eigenvalue weighted by Gasteiger charge is -2.38. The molecule has 8 heteroatoms. The molecular weight excluding hydrogens is 376 g/mol. The number of nitrogens with zero attached hydrogens (tertiary/aromatic N) is 2. The zero-order valence-corrected chi connectivity index (χ0v) is 16.5. The van der Waals surface area contributed by atoms with Crippen LogP contribution in [0, 0.1) is 5.92 Å². The summed E-state index contributed by atoms with van der Waals surface area (Å²) in [5.41, 5.74) is 1.93. The summed E-state index contributed by atoms with van der Waals surface area (Å²) in [6.07, 6.45) is 3.62. The standard InChI is InChI=1S/C20H24N4O3S/c25-18-17(28-20(27)22-18)13-15-3-1-2-4-16(15)23-9-11-24(12-10-23)19(26)14-5-7-21-8-6-14/h1-4,13-14,21H,5-12H2,(H,22,25,27)/b17-13-. The van der Waals surface area contributed by atoms with Gasteiger partial charge >= 0.3 is 0 Å². The normalized spacial score (nSPS) is 22.6. The highest BCUT2D eigenvalue weighted by Crippen LogP contribution is 2.30. The number of para-hydroxylation sites is 1. The molecule has 3 fully saturated rings. The van der Waals surface area contributed by atoms with Gasteiger partial charge in [0.1, 0.15) is 0 Å². The Kier molecular flexibility index (Phi) is 5.68. The van der Waals surface area contributed by atoms with E-state index in [9.17, 15) is 14.4 Å². The van der Waals surface area contributed by atoms with Crippen molar-refractivity contribution in [2.75, 3.05) is 44.2 Å². The molecule has 0 aliphatic carbocycles. The Morgan fingerprint density at radius 3 is 2.46 bits per heavy atom. The van der Waals surface area contributed by atoms with E-state index in [0.717, 1.165) is 62.0 Å². The Morgan fingerprint density at radius 1 is 1.07 bits per heavy atom. The number of imide groups is 1. The minimum atomic E-state index is -0.345. The summed E-state index contributed by atoms with van der Waals surface area (Å²) in [6.45, 7) is 4.78. The molecule has 0 bridgehead atoms. The maximum Gasteiger partial charge on any atom is 0.290 e. The first kappa shape index (κ1) is 19.0. The second kappa shape index (κ2) is 8.36. The number of rotatable bonds is 3. The third-order valence-corrected chi connectivity index (χ3v) is 6.30. The van der Waals surface area contributed by atoms with E-state index in [2.05, 4.69) is 15.5 Å². The van der Waals surface area contributed by atoms with E-state index in [0.29, 0.717) is 18.0 Å². The minimum absolute atomic E-state index is 0.153. The van der Waals surface area contributed by atoms with E-state index < -0.39 is 0 Å². The fourth-order valence-electron chi connectivity index (χ4n) is 3.95. The molecule has 3 aliphatic heterocycles. The zero-order valence-electron chi connectivity index (χ0n) is 15.6. The average molecular weight is 401 g/mol. The number of nitrogens with one attached hydrogen (secondary N) is 2. The lowest BCUT2D eigenvalue weighted by molar-refractivity contribution is -0.136. The van der Waals surface area contributed by atoms with Crippen LogP contribution in [-0.2, 0) is 9.59 Å². The summed E-state index contributed by atoms with van der Waals surface area (Å²) in [4.78, 5) is 40.7. The number of amides is 3. The van der Waals surface area contributed by atoms with Gasteiger partial charge in [0.15, 0.2) is 0 Å². The smallest absolute Gasteiger partial charge is 0.290 e. The van der Waals surface area contributed by atoms with Crippen molar-refractivity contribution >= 4 is 40.6 Å². The molecule has 0 saturated carbocycles. The molecule has 0 radical (unpaired) electrons. The molecule has 148 valence electrons. The van der Waals surface area contributed by atoms with Crippen LogP contribution in [-0.4, -0.2) is 61.2 Å². The fraction of sp³-hybridized carbons (Fsp3) is 0.450. The number of anilines is 1. The highest BCUT2D eigenvalue weighted by Gasteiger charge is 2.29. The van der Waals surface area contributed by atoms with Gasteiger partial charge in [0.05, 0.1) is 4.91 Å². The van der Waals surface area contributed by atoms with Gasteiger partial charge in [-0.2, -0.15) is 0 Å². The first-order chi connectivity index (χ1) is 13.6. The highest BCUT2D eigenvalue weighted by atomic mass is 32.2. The Bertz CT molecular complexity index is 811. The predicted molar refractivity (Wildman–Crippen MR) is 110 cm³/mol. The van der Waals surface area contributed by atoms with Crippen LogP contribution in [0.1, 0.15) is 18.4 Å². The summed E-state index contributed by atoms with van der Waals surface area (Å²) in [6, 6.07) is 7.87. The molecule has 0 spiro atoms. The molecule has 28 heavy (non-hydrogen) atoms. The van der Waals surface area contributed by atoms with Crippen LogP contribution in [0.3, 0.4) is 0 Å². The number of piperazine rings is 1. The van der Waals surface area contributed by atoms with Crippen LogP contribution >= 0.6 is 11.8 Å². The molecule has 7 nitrogen and oxygen atoms in total. The van der Waals surface area contributed by atoms with E-state index in [4.69, 9.17) is 0 Å². The summed E-state index contributed by atoms with van der Waals surface area (Å²) in [7, 11) is 0. The minimum Gasteiger partial charge on any atom is -0.367 e. The first-order valence-electron chi connectivity index (χ1n) is 9.70. The topological polar surface area (TPSA) is 81.8 Å². The van der Waals surface area contributed by atoms with Crippen LogP contribution in [0.4, 0.5) is 10.5 Å². The number of piperidine rings is 1. The summed E-state index contributed by atoms with van der Waals surface area (Å²) in [5.74, 6) is 0.0940. The third-order valence-electron chi connectivity index (χ3n) is 5.49. The van der Waals surface area contributed by atoms with Crippen LogP contribution in [0.5, 0.6) is 0 Å². The van der Waals surface area contributed by atoms with Crippen LogP contribution in [0.2, 0.25) is 0 Å². The molecule has 3 amide bonds. The molecule has 3 aliphatic rings. The van der Waals surface area contributed by atoms with E-state index in [1.54, 1.807) is 6.08 Å². The van der Waals surface area contributed by atoms with E-state index in [-0.39, 0.29) is 23.0 Å². The Hall–Kier alpha value is -2.32. The van der Waals surface area contributed by atoms with Crippen molar-refractivity contribution in [1.82, 2.24) is 15.5 Å². The van der Waals surface area contributed by atoms with Gasteiger partial charge in [0.25, 0.3) is 11.1 Å².